The van der Waals surface area contributed by atoms with E-state index in [0.717, 1.165) is 37.2 Å². The summed E-state index contributed by atoms with van der Waals surface area (Å²) in [4.78, 5) is 7.55. The molecule has 5 heteroatoms. The summed E-state index contributed by atoms with van der Waals surface area (Å²) in [6, 6.07) is 30.0. The van der Waals surface area contributed by atoms with Crippen molar-refractivity contribution in [3.8, 4) is 11.5 Å². The van der Waals surface area contributed by atoms with Gasteiger partial charge >= 0.3 is 0 Å². The van der Waals surface area contributed by atoms with Crippen LogP contribution in [0.5, 0.6) is 11.5 Å². The number of hydrogen-bond donors (Lipinski definition) is 1. The number of aromatic hydroxyl groups is 1. The molecule has 2 aliphatic rings. The van der Waals surface area contributed by atoms with Crippen LogP contribution in [0.25, 0.3) is 0 Å². The van der Waals surface area contributed by atoms with E-state index in [-0.39, 0.29) is 5.75 Å². The number of anilines is 1. The maximum atomic E-state index is 10.3. The van der Waals surface area contributed by atoms with Crippen LogP contribution in [0.2, 0.25) is 0 Å². The zero-order valence-corrected chi connectivity index (χ0v) is 23.1. The number of aliphatic imine (C=N–C) groups is 1. The summed E-state index contributed by atoms with van der Waals surface area (Å²) in [5, 5.41) is 10.3. The molecule has 0 spiro atoms. The summed E-state index contributed by atoms with van der Waals surface area (Å²) in [5.74, 6) is 1.25. The summed E-state index contributed by atoms with van der Waals surface area (Å²) in [6.45, 7) is 4.53. The van der Waals surface area contributed by atoms with Gasteiger partial charge in [0.05, 0.1) is 16.8 Å². The molecule has 0 aromatic heterocycles. The highest BCUT2D eigenvalue weighted by Gasteiger charge is 2.35. The van der Waals surface area contributed by atoms with Crippen molar-refractivity contribution in [3.05, 3.63) is 117 Å². The van der Waals surface area contributed by atoms with Crippen LogP contribution in [0.4, 0.5) is 11.4 Å². The molecule has 6 rings (SSSR count). The number of rotatable bonds is 6. The largest absolute Gasteiger partial charge is 0.503 e. The fourth-order valence-corrected chi connectivity index (χ4v) is 6.46. The van der Waals surface area contributed by atoms with Crippen molar-refractivity contribution in [1.82, 2.24) is 0 Å². The van der Waals surface area contributed by atoms with Crippen LogP contribution in [0.15, 0.2) is 94.4 Å². The molecule has 0 radical (unpaired) electrons. The predicted octanol–water partition coefficient (Wildman–Crippen LogP) is 8.18. The molecular weight excluding hydrogens is 536 g/mol. The average Bonchev–Trinajstić information content (AvgIpc) is 2.96. The number of hydrogen-bond acceptors (Lipinski definition) is 4. The Labute approximate surface area is 232 Å². The third-order valence-electron chi connectivity index (χ3n) is 7.71. The van der Waals surface area contributed by atoms with Crippen LogP contribution in [-0.2, 0) is 0 Å². The SMILES string of the molecule is CCOc1cc(C=Nc2cc3c4c(c2)[C@H](c2ccccc2)CCN4CC[C@H]3c2ccccc2)cc(Br)c1O. The second kappa shape index (κ2) is 10.7. The van der Waals surface area contributed by atoms with Crippen molar-refractivity contribution in [1.29, 1.82) is 0 Å². The van der Waals surface area contributed by atoms with Crippen molar-refractivity contribution in [2.45, 2.75) is 31.6 Å². The molecule has 0 fully saturated rings. The molecule has 0 unspecified atom stereocenters. The van der Waals surface area contributed by atoms with Gasteiger partial charge in [-0.1, -0.05) is 60.7 Å². The van der Waals surface area contributed by atoms with Crippen LogP contribution in [-0.4, -0.2) is 31.0 Å². The van der Waals surface area contributed by atoms with E-state index >= 15 is 0 Å². The van der Waals surface area contributed by atoms with E-state index in [1.54, 1.807) is 0 Å². The van der Waals surface area contributed by atoms with Gasteiger partial charge in [-0.2, -0.15) is 0 Å². The minimum absolute atomic E-state index is 0.110. The topological polar surface area (TPSA) is 45.1 Å². The Morgan fingerprint density at radius 1 is 0.895 bits per heavy atom. The van der Waals surface area contributed by atoms with E-state index in [1.807, 2.05) is 25.3 Å². The van der Waals surface area contributed by atoms with Crippen LogP contribution >= 0.6 is 15.9 Å². The maximum Gasteiger partial charge on any atom is 0.172 e. The lowest BCUT2D eigenvalue weighted by molar-refractivity contribution is 0.317. The lowest BCUT2D eigenvalue weighted by Gasteiger charge is -2.43. The fraction of sp³-hybridized carbons (Fsp3) is 0.242. The Bertz CT molecular complexity index is 1400. The zero-order valence-electron chi connectivity index (χ0n) is 21.5. The van der Waals surface area contributed by atoms with Gasteiger partial charge in [0, 0.05) is 36.8 Å². The molecule has 1 N–H and O–H groups in total. The molecule has 38 heavy (non-hydrogen) atoms. The normalized spacial score (nSPS) is 18.4. The third kappa shape index (κ3) is 4.71. The molecular formula is C33H31BrN2O2. The predicted molar refractivity (Wildman–Crippen MR) is 159 cm³/mol. The standard InChI is InChI=1S/C33H31BrN2O2/c1-2-38-31-18-22(17-30(34)33(31)37)21-35-25-19-28-26(23-9-5-3-6-10-23)13-15-36-16-14-27(29(20-25)32(28)36)24-11-7-4-8-12-24/h3-12,17-21,26-27,37H,2,13-16H2,1H3/t26-,27-/m0/s1. The molecule has 0 saturated heterocycles. The lowest BCUT2D eigenvalue weighted by atomic mass is 9.76. The molecule has 0 saturated carbocycles. The Morgan fingerprint density at radius 3 is 2.03 bits per heavy atom. The van der Waals surface area contributed by atoms with E-state index in [4.69, 9.17) is 9.73 Å². The van der Waals surface area contributed by atoms with Gasteiger partial charge in [-0.25, -0.2) is 0 Å². The summed E-state index contributed by atoms with van der Waals surface area (Å²) in [6.07, 6.45) is 4.06. The Morgan fingerprint density at radius 2 is 1.47 bits per heavy atom. The highest BCUT2D eigenvalue weighted by molar-refractivity contribution is 9.10. The van der Waals surface area contributed by atoms with Crippen molar-refractivity contribution in [2.24, 2.45) is 4.99 Å². The average molecular weight is 568 g/mol. The summed E-state index contributed by atoms with van der Waals surface area (Å²) < 4.78 is 6.21. The Balaban J connectivity index is 1.47. The van der Waals surface area contributed by atoms with Gasteiger partial charge in [0.2, 0.25) is 0 Å². The second-order valence-electron chi connectivity index (χ2n) is 10.0. The zero-order chi connectivity index (χ0) is 26.1. The first-order valence-corrected chi connectivity index (χ1v) is 14.1. The van der Waals surface area contributed by atoms with Crippen molar-refractivity contribution in [3.63, 3.8) is 0 Å². The lowest BCUT2D eigenvalue weighted by Crippen LogP contribution is -2.37. The molecule has 0 bridgehead atoms. The van der Waals surface area contributed by atoms with Gasteiger partial charge in [0.1, 0.15) is 0 Å². The van der Waals surface area contributed by atoms with Crippen LogP contribution in [0.1, 0.15) is 59.4 Å². The van der Waals surface area contributed by atoms with Crippen LogP contribution < -0.4 is 9.64 Å². The second-order valence-corrected chi connectivity index (χ2v) is 10.9. The van der Waals surface area contributed by atoms with Gasteiger partial charge in [0.25, 0.3) is 0 Å². The number of benzene rings is 4. The molecule has 2 heterocycles. The monoisotopic (exact) mass is 566 g/mol. The number of halogens is 1. The van der Waals surface area contributed by atoms with Gasteiger partial charge in [-0.05, 0) is 87.8 Å². The van der Waals surface area contributed by atoms with E-state index in [0.29, 0.717) is 28.7 Å². The van der Waals surface area contributed by atoms with Crippen LogP contribution in [0.3, 0.4) is 0 Å². The summed E-state index contributed by atoms with van der Waals surface area (Å²) >= 11 is 3.45. The van der Waals surface area contributed by atoms with E-state index in [2.05, 4.69) is 93.6 Å². The smallest absolute Gasteiger partial charge is 0.172 e. The molecule has 192 valence electrons. The minimum atomic E-state index is 0.110. The van der Waals surface area contributed by atoms with Gasteiger partial charge in [-0.3, -0.25) is 4.99 Å². The quantitative estimate of drug-likeness (QED) is 0.239. The van der Waals surface area contributed by atoms with Gasteiger partial charge < -0.3 is 14.7 Å². The van der Waals surface area contributed by atoms with Crippen molar-refractivity contribution in [2.75, 3.05) is 24.6 Å². The number of phenolic OH excluding ortho intramolecular Hbond substituents is 1. The Kier molecular flexibility index (Phi) is 6.94. The molecule has 4 aromatic rings. The highest BCUT2D eigenvalue weighted by Crippen LogP contribution is 2.50. The fourth-order valence-electron chi connectivity index (χ4n) is 6.00. The minimum Gasteiger partial charge on any atom is -0.503 e. The summed E-state index contributed by atoms with van der Waals surface area (Å²) in [5.41, 5.74) is 8.68. The number of nitrogens with zero attached hydrogens (tertiary/aromatic N) is 2. The maximum absolute atomic E-state index is 10.3. The van der Waals surface area contributed by atoms with Crippen LogP contribution in [0, 0.1) is 0 Å². The number of phenols is 1. The Hall–Kier alpha value is -3.57. The first kappa shape index (κ1) is 24.7. The molecule has 2 atom stereocenters. The van der Waals surface area contributed by atoms with Gasteiger partial charge in [-0.15, -0.1) is 0 Å². The van der Waals surface area contributed by atoms with E-state index in [9.17, 15) is 5.11 Å². The first-order valence-electron chi connectivity index (χ1n) is 13.3. The van der Waals surface area contributed by atoms with Gasteiger partial charge in [0.15, 0.2) is 11.5 Å². The number of ether oxygens (including phenoxy) is 1. The summed E-state index contributed by atoms with van der Waals surface area (Å²) in [7, 11) is 0. The molecule has 4 nitrogen and oxygen atoms in total. The molecule has 0 amide bonds. The van der Waals surface area contributed by atoms with Crippen molar-refractivity contribution >= 4 is 33.5 Å². The van der Waals surface area contributed by atoms with Crippen molar-refractivity contribution < 1.29 is 9.84 Å². The van der Waals surface area contributed by atoms with E-state index in [1.165, 1.54) is 27.9 Å². The molecule has 2 aliphatic heterocycles. The molecule has 0 aliphatic carbocycles. The molecule has 4 aromatic carbocycles. The highest BCUT2D eigenvalue weighted by atomic mass is 79.9. The van der Waals surface area contributed by atoms with E-state index < -0.39 is 0 Å². The third-order valence-corrected chi connectivity index (χ3v) is 8.32. The first-order chi connectivity index (χ1) is 18.6.